The van der Waals surface area contributed by atoms with E-state index >= 15 is 0 Å². The molecule has 0 aliphatic carbocycles. The largest absolute Gasteiger partial charge is 0.352 e. The molecule has 1 heterocycles. The number of nitro groups is 2. The van der Waals surface area contributed by atoms with Crippen molar-refractivity contribution in [3.8, 4) is 0 Å². The molecule has 1 aliphatic heterocycles. The lowest BCUT2D eigenvalue weighted by atomic mass is 10.2. The maximum absolute atomic E-state index is 12.3. The van der Waals surface area contributed by atoms with E-state index in [2.05, 4.69) is 20.4 Å². The lowest BCUT2D eigenvalue weighted by Crippen LogP contribution is -2.47. The van der Waals surface area contributed by atoms with Crippen molar-refractivity contribution < 1.29 is 19.4 Å². The molecule has 1 fully saturated rings. The highest BCUT2D eigenvalue weighted by molar-refractivity contribution is 6.33. The lowest BCUT2D eigenvalue weighted by molar-refractivity contribution is -0.384. The second-order valence-corrected chi connectivity index (χ2v) is 9.56. The number of piperazine rings is 1. The summed E-state index contributed by atoms with van der Waals surface area (Å²) >= 11 is 11.7. The fourth-order valence-corrected chi connectivity index (χ4v) is 4.54. The molecule has 1 saturated heterocycles. The van der Waals surface area contributed by atoms with Crippen LogP contribution in [-0.2, 0) is 0 Å². The van der Waals surface area contributed by atoms with Gasteiger partial charge in [0.15, 0.2) is 0 Å². The van der Waals surface area contributed by atoms with Crippen molar-refractivity contribution >= 4 is 46.4 Å². The third-order valence-electron chi connectivity index (χ3n) is 6.15. The monoisotopic (exact) mass is 566 g/mol. The first-order valence-corrected chi connectivity index (χ1v) is 12.8. The molecule has 204 valence electrons. The van der Waals surface area contributed by atoms with Crippen LogP contribution in [0, 0.1) is 20.2 Å². The Balaban J connectivity index is 1.27. The molecule has 1 aliphatic rings. The molecular formula is C24H28Cl2N6O6. The highest BCUT2D eigenvalue weighted by Gasteiger charge is 2.18. The number of hydrogen-bond acceptors (Lipinski definition) is 8. The van der Waals surface area contributed by atoms with Gasteiger partial charge >= 0.3 is 0 Å². The average molecular weight is 567 g/mol. The van der Waals surface area contributed by atoms with Gasteiger partial charge in [0.2, 0.25) is 0 Å². The highest BCUT2D eigenvalue weighted by Crippen LogP contribution is 2.25. The first-order chi connectivity index (χ1) is 18.2. The Hall–Kier alpha value is -3.32. The van der Waals surface area contributed by atoms with Crippen LogP contribution in [0.2, 0.25) is 10.0 Å². The summed E-state index contributed by atoms with van der Waals surface area (Å²) in [6.45, 7) is 6.24. The summed E-state index contributed by atoms with van der Waals surface area (Å²) in [7, 11) is 0. The number of nitrogens with one attached hydrogen (secondary N) is 2. The number of carbonyl (C=O) groups is 2. The third kappa shape index (κ3) is 8.35. The molecule has 38 heavy (non-hydrogen) atoms. The molecule has 12 nitrogen and oxygen atoms in total. The summed E-state index contributed by atoms with van der Waals surface area (Å²) in [5.41, 5.74) is 0.0864. The SMILES string of the molecule is O=C(NCCCN1CCN(CCCNC(=O)c2ccc([N+](=O)[O-])c(Cl)c2)CC1)c1ccc([N+](=O)[O-])c(Cl)c1. The molecular weight excluding hydrogens is 539 g/mol. The van der Waals surface area contributed by atoms with Crippen LogP contribution in [0.15, 0.2) is 36.4 Å². The zero-order valence-corrected chi connectivity index (χ0v) is 22.0. The predicted molar refractivity (Wildman–Crippen MR) is 143 cm³/mol. The van der Waals surface area contributed by atoms with Crippen molar-refractivity contribution in [2.75, 3.05) is 52.4 Å². The Morgan fingerprint density at radius 3 is 1.42 bits per heavy atom. The molecule has 0 atom stereocenters. The predicted octanol–water partition coefficient (Wildman–Crippen LogP) is 3.37. The molecule has 0 spiro atoms. The number of rotatable bonds is 12. The maximum Gasteiger partial charge on any atom is 0.287 e. The Kier molecular flexibility index (Phi) is 10.8. The zero-order chi connectivity index (χ0) is 27.7. The summed E-state index contributed by atoms with van der Waals surface area (Å²) in [6, 6.07) is 7.81. The number of hydrogen-bond donors (Lipinski definition) is 2. The fraction of sp³-hybridized carbons (Fsp3) is 0.417. The van der Waals surface area contributed by atoms with Crippen molar-refractivity contribution in [3.63, 3.8) is 0 Å². The van der Waals surface area contributed by atoms with E-state index in [0.717, 1.165) is 52.1 Å². The van der Waals surface area contributed by atoms with Crippen LogP contribution >= 0.6 is 23.2 Å². The first kappa shape index (κ1) is 29.2. The van der Waals surface area contributed by atoms with E-state index in [1.165, 1.54) is 36.4 Å². The summed E-state index contributed by atoms with van der Waals surface area (Å²) in [5.74, 6) is -0.647. The summed E-state index contributed by atoms with van der Waals surface area (Å²) < 4.78 is 0. The van der Waals surface area contributed by atoms with Gasteiger partial charge in [-0.25, -0.2) is 0 Å². The van der Waals surface area contributed by atoms with E-state index in [0.29, 0.717) is 13.1 Å². The highest BCUT2D eigenvalue weighted by atomic mass is 35.5. The van der Waals surface area contributed by atoms with E-state index in [1.807, 2.05) is 0 Å². The van der Waals surface area contributed by atoms with Gasteiger partial charge < -0.3 is 20.4 Å². The van der Waals surface area contributed by atoms with Gasteiger partial charge in [0.25, 0.3) is 23.2 Å². The van der Waals surface area contributed by atoms with Crippen LogP contribution in [-0.4, -0.2) is 83.8 Å². The van der Waals surface area contributed by atoms with Crippen LogP contribution in [0.4, 0.5) is 11.4 Å². The van der Waals surface area contributed by atoms with Gasteiger partial charge in [-0.2, -0.15) is 0 Å². The van der Waals surface area contributed by atoms with Gasteiger partial charge in [-0.3, -0.25) is 29.8 Å². The summed E-state index contributed by atoms with van der Waals surface area (Å²) in [6.07, 6.45) is 1.54. The quantitative estimate of drug-likeness (QED) is 0.225. The van der Waals surface area contributed by atoms with Gasteiger partial charge in [-0.15, -0.1) is 0 Å². The Labute approximate surface area is 229 Å². The molecule has 2 aromatic rings. The molecule has 2 aromatic carbocycles. The van der Waals surface area contributed by atoms with Gasteiger partial charge in [0, 0.05) is 62.5 Å². The average Bonchev–Trinajstić information content (AvgIpc) is 2.89. The number of carbonyl (C=O) groups excluding carboxylic acids is 2. The molecule has 2 N–H and O–H groups in total. The molecule has 0 bridgehead atoms. The summed E-state index contributed by atoms with van der Waals surface area (Å²) in [4.78, 5) is 49.6. The van der Waals surface area contributed by atoms with Crippen LogP contribution in [0.3, 0.4) is 0 Å². The van der Waals surface area contributed by atoms with E-state index in [1.54, 1.807) is 0 Å². The minimum absolute atomic E-state index is 0.0719. The molecule has 0 aromatic heterocycles. The van der Waals surface area contributed by atoms with Gasteiger partial charge in [-0.05, 0) is 50.2 Å². The fourth-order valence-electron chi connectivity index (χ4n) is 4.04. The summed E-state index contributed by atoms with van der Waals surface area (Å²) in [5, 5.41) is 27.2. The smallest absolute Gasteiger partial charge is 0.287 e. The van der Waals surface area contributed by atoms with E-state index in [4.69, 9.17) is 23.2 Å². The van der Waals surface area contributed by atoms with Crippen molar-refractivity contribution in [1.82, 2.24) is 20.4 Å². The molecule has 0 radical (unpaired) electrons. The lowest BCUT2D eigenvalue weighted by Gasteiger charge is -2.34. The Morgan fingerprint density at radius 2 is 1.11 bits per heavy atom. The second-order valence-electron chi connectivity index (χ2n) is 8.75. The molecule has 14 heteroatoms. The number of benzene rings is 2. The molecule has 0 unspecified atom stereocenters. The number of amides is 2. The second kappa shape index (κ2) is 14.0. The normalized spacial score (nSPS) is 14.2. The van der Waals surface area contributed by atoms with Crippen LogP contribution < -0.4 is 10.6 Å². The molecule has 0 saturated carbocycles. The van der Waals surface area contributed by atoms with Crippen molar-refractivity contribution in [2.24, 2.45) is 0 Å². The van der Waals surface area contributed by atoms with Crippen molar-refractivity contribution in [1.29, 1.82) is 0 Å². The minimum Gasteiger partial charge on any atom is -0.352 e. The standard InChI is InChI=1S/C24H28Cl2N6O6/c25-19-15-17(3-5-21(19)31(35)36)23(33)27-7-1-9-29-11-13-30(14-12-29)10-2-8-28-24(34)18-4-6-22(32(37)38)20(26)16-18/h3-6,15-16H,1-2,7-14H2,(H,27,33)(H,28,34). The van der Waals surface area contributed by atoms with Gasteiger partial charge in [-0.1, -0.05) is 23.2 Å². The van der Waals surface area contributed by atoms with Crippen LogP contribution in [0.1, 0.15) is 33.6 Å². The third-order valence-corrected chi connectivity index (χ3v) is 6.76. The molecule has 3 rings (SSSR count). The van der Waals surface area contributed by atoms with Gasteiger partial charge in [0.1, 0.15) is 10.0 Å². The maximum atomic E-state index is 12.3. The van der Waals surface area contributed by atoms with E-state index in [-0.39, 0.29) is 44.4 Å². The van der Waals surface area contributed by atoms with E-state index in [9.17, 15) is 29.8 Å². The number of nitro benzene ring substituents is 2. The number of halogens is 2. The topological polar surface area (TPSA) is 151 Å². The van der Waals surface area contributed by atoms with Crippen LogP contribution in [0.5, 0.6) is 0 Å². The zero-order valence-electron chi connectivity index (χ0n) is 20.5. The van der Waals surface area contributed by atoms with Crippen LogP contribution in [0.25, 0.3) is 0 Å². The van der Waals surface area contributed by atoms with Crippen molar-refractivity contribution in [2.45, 2.75) is 12.8 Å². The first-order valence-electron chi connectivity index (χ1n) is 12.0. The minimum atomic E-state index is -0.594. The number of nitrogens with zero attached hydrogens (tertiary/aromatic N) is 4. The molecule has 2 amide bonds. The Morgan fingerprint density at radius 1 is 0.737 bits per heavy atom. The van der Waals surface area contributed by atoms with Crippen molar-refractivity contribution in [3.05, 3.63) is 77.8 Å². The Bertz CT molecular complexity index is 1100. The van der Waals surface area contributed by atoms with E-state index < -0.39 is 9.85 Å². The van der Waals surface area contributed by atoms with Gasteiger partial charge in [0.05, 0.1) is 9.85 Å².